The minimum Gasteiger partial charge on any atom is -0.497 e. The van der Waals surface area contributed by atoms with Crippen LogP contribution in [0.1, 0.15) is 38.8 Å². The SMILES string of the molecule is CCNC(=NCC(c1ccc(OC)cc1)N(C)C)NC1CCN(C(=O)C(C)C)C1.I. The number of guanidine groups is 1. The summed E-state index contributed by atoms with van der Waals surface area (Å²) in [5, 5.41) is 6.85. The minimum atomic E-state index is 0. The minimum absolute atomic E-state index is 0. The third kappa shape index (κ3) is 7.61. The van der Waals surface area contributed by atoms with Crippen molar-refractivity contribution in [1.82, 2.24) is 20.4 Å². The Morgan fingerprint density at radius 1 is 1.30 bits per heavy atom. The van der Waals surface area contributed by atoms with E-state index in [9.17, 15) is 4.79 Å². The van der Waals surface area contributed by atoms with Crippen molar-refractivity contribution in [2.45, 2.75) is 39.3 Å². The molecule has 2 rings (SSSR count). The lowest BCUT2D eigenvalue weighted by molar-refractivity contribution is -0.133. The van der Waals surface area contributed by atoms with E-state index < -0.39 is 0 Å². The van der Waals surface area contributed by atoms with Crippen LogP contribution in [0.25, 0.3) is 0 Å². The molecule has 0 bridgehead atoms. The zero-order valence-corrected chi connectivity index (χ0v) is 21.5. The zero-order valence-electron chi connectivity index (χ0n) is 19.1. The number of methoxy groups -OCH3 is 1. The van der Waals surface area contributed by atoms with Crippen molar-refractivity contribution in [3.63, 3.8) is 0 Å². The van der Waals surface area contributed by atoms with Gasteiger partial charge in [-0.2, -0.15) is 0 Å². The van der Waals surface area contributed by atoms with Crippen LogP contribution in [0.15, 0.2) is 29.3 Å². The first-order valence-corrected chi connectivity index (χ1v) is 10.5. The maximum atomic E-state index is 12.2. The average Bonchev–Trinajstić information content (AvgIpc) is 3.16. The second-order valence-corrected chi connectivity index (χ2v) is 8.04. The molecular weight excluding hydrogens is 493 g/mol. The molecule has 1 aliphatic rings. The molecule has 2 N–H and O–H groups in total. The summed E-state index contributed by atoms with van der Waals surface area (Å²) in [4.78, 5) is 21.2. The number of benzene rings is 1. The van der Waals surface area contributed by atoms with Gasteiger partial charge in [-0.05, 0) is 45.1 Å². The number of carbonyl (C=O) groups excluding carboxylic acids is 1. The Hall–Kier alpha value is -1.55. The average molecular weight is 531 g/mol. The number of nitrogens with zero attached hydrogens (tertiary/aromatic N) is 3. The quantitative estimate of drug-likeness (QED) is 0.307. The van der Waals surface area contributed by atoms with Crippen molar-refractivity contribution < 1.29 is 9.53 Å². The fourth-order valence-corrected chi connectivity index (χ4v) is 3.53. The summed E-state index contributed by atoms with van der Waals surface area (Å²) < 4.78 is 5.26. The topological polar surface area (TPSA) is 69.2 Å². The molecule has 0 radical (unpaired) electrons. The van der Waals surface area contributed by atoms with Crippen LogP contribution in [-0.2, 0) is 4.79 Å². The molecule has 0 aromatic heterocycles. The van der Waals surface area contributed by atoms with Crippen molar-refractivity contribution >= 4 is 35.8 Å². The van der Waals surface area contributed by atoms with Gasteiger partial charge in [-0.3, -0.25) is 9.79 Å². The Morgan fingerprint density at radius 3 is 2.50 bits per heavy atom. The lowest BCUT2D eigenvalue weighted by Crippen LogP contribution is -2.45. The highest BCUT2D eigenvalue weighted by molar-refractivity contribution is 14.0. The number of nitrogens with one attached hydrogen (secondary N) is 2. The van der Waals surface area contributed by atoms with Crippen LogP contribution in [0.3, 0.4) is 0 Å². The fraction of sp³-hybridized carbons (Fsp3) is 0.636. The number of ether oxygens (including phenoxy) is 1. The van der Waals surface area contributed by atoms with E-state index in [4.69, 9.17) is 9.73 Å². The van der Waals surface area contributed by atoms with Crippen molar-refractivity contribution in [1.29, 1.82) is 0 Å². The molecule has 170 valence electrons. The Kier molecular flexibility index (Phi) is 11.5. The van der Waals surface area contributed by atoms with Gasteiger partial charge in [0.2, 0.25) is 5.91 Å². The fourth-order valence-electron chi connectivity index (χ4n) is 3.53. The van der Waals surface area contributed by atoms with Crippen LogP contribution in [0.4, 0.5) is 0 Å². The van der Waals surface area contributed by atoms with Crippen LogP contribution in [0, 0.1) is 5.92 Å². The van der Waals surface area contributed by atoms with Crippen LogP contribution in [-0.4, -0.2) is 75.1 Å². The third-order valence-corrected chi connectivity index (χ3v) is 5.23. The summed E-state index contributed by atoms with van der Waals surface area (Å²) >= 11 is 0. The van der Waals surface area contributed by atoms with Gasteiger partial charge in [0.25, 0.3) is 0 Å². The number of likely N-dealkylation sites (tertiary alicyclic amines) is 1. The maximum absolute atomic E-state index is 12.2. The Labute approximate surface area is 198 Å². The number of halogens is 1. The van der Waals surface area contributed by atoms with Crippen molar-refractivity contribution in [2.24, 2.45) is 10.9 Å². The molecule has 0 saturated carbocycles. The molecule has 30 heavy (non-hydrogen) atoms. The van der Waals surface area contributed by atoms with Crippen LogP contribution in [0.2, 0.25) is 0 Å². The molecule has 2 unspecified atom stereocenters. The van der Waals surface area contributed by atoms with Gasteiger partial charge in [0.1, 0.15) is 5.75 Å². The van der Waals surface area contributed by atoms with Crippen LogP contribution < -0.4 is 15.4 Å². The summed E-state index contributed by atoms with van der Waals surface area (Å²) in [6, 6.07) is 8.54. The van der Waals surface area contributed by atoms with Crippen molar-refractivity contribution in [2.75, 3.05) is 47.4 Å². The van der Waals surface area contributed by atoms with E-state index in [1.54, 1.807) is 7.11 Å². The number of hydrogen-bond acceptors (Lipinski definition) is 4. The maximum Gasteiger partial charge on any atom is 0.225 e. The first kappa shape index (κ1) is 26.5. The van der Waals surface area contributed by atoms with E-state index in [-0.39, 0.29) is 47.9 Å². The van der Waals surface area contributed by atoms with Gasteiger partial charge in [0, 0.05) is 31.6 Å². The highest BCUT2D eigenvalue weighted by Crippen LogP contribution is 2.21. The van der Waals surface area contributed by atoms with Gasteiger partial charge >= 0.3 is 0 Å². The molecule has 7 nitrogen and oxygen atoms in total. The molecule has 1 aliphatic heterocycles. The van der Waals surface area contributed by atoms with Gasteiger partial charge < -0.3 is 25.2 Å². The Balaban J connectivity index is 0.00000450. The van der Waals surface area contributed by atoms with Gasteiger partial charge in [0.15, 0.2) is 5.96 Å². The molecule has 1 aromatic rings. The third-order valence-electron chi connectivity index (χ3n) is 5.23. The van der Waals surface area contributed by atoms with E-state index >= 15 is 0 Å². The molecule has 0 spiro atoms. The highest BCUT2D eigenvalue weighted by Gasteiger charge is 2.28. The first-order valence-electron chi connectivity index (χ1n) is 10.5. The van der Waals surface area contributed by atoms with Gasteiger partial charge in [0.05, 0.1) is 19.7 Å². The molecule has 1 heterocycles. The Bertz CT molecular complexity index is 679. The Morgan fingerprint density at radius 2 is 1.97 bits per heavy atom. The molecule has 1 amide bonds. The summed E-state index contributed by atoms with van der Waals surface area (Å²) in [6.07, 6.45) is 0.943. The number of amides is 1. The van der Waals surface area contributed by atoms with E-state index in [1.807, 2.05) is 30.9 Å². The molecular formula is C22H38IN5O2. The van der Waals surface area contributed by atoms with E-state index in [2.05, 4.69) is 48.7 Å². The van der Waals surface area contributed by atoms with E-state index in [1.165, 1.54) is 5.56 Å². The van der Waals surface area contributed by atoms with Gasteiger partial charge in [-0.1, -0.05) is 26.0 Å². The molecule has 1 aromatic carbocycles. The van der Waals surface area contributed by atoms with E-state index in [0.29, 0.717) is 6.54 Å². The second kappa shape index (κ2) is 13.0. The first-order chi connectivity index (χ1) is 13.8. The lowest BCUT2D eigenvalue weighted by atomic mass is 10.1. The molecule has 2 atom stereocenters. The van der Waals surface area contributed by atoms with Crippen molar-refractivity contribution in [3.8, 4) is 5.75 Å². The zero-order chi connectivity index (χ0) is 21.4. The van der Waals surface area contributed by atoms with Crippen molar-refractivity contribution in [3.05, 3.63) is 29.8 Å². The largest absolute Gasteiger partial charge is 0.497 e. The summed E-state index contributed by atoms with van der Waals surface area (Å²) in [6.45, 7) is 8.94. The monoisotopic (exact) mass is 531 g/mol. The highest BCUT2D eigenvalue weighted by atomic mass is 127. The lowest BCUT2D eigenvalue weighted by Gasteiger charge is -2.24. The number of likely N-dealkylation sites (N-methyl/N-ethyl adjacent to an activating group) is 1. The molecule has 8 heteroatoms. The predicted octanol–water partition coefficient (Wildman–Crippen LogP) is 2.73. The molecule has 1 saturated heterocycles. The number of carbonyl (C=O) groups is 1. The molecule has 0 aliphatic carbocycles. The predicted molar refractivity (Wildman–Crippen MR) is 134 cm³/mol. The van der Waals surface area contributed by atoms with E-state index in [0.717, 1.165) is 37.8 Å². The van der Waals surface area contributed by atoms with Gasteiger partial charge in [-0.25, -0.2) is 0 Å². The summed E-state index contributed by atoms with van der Waals surface area (Å²) in [5.41, 5.74) is 1.20. The number of aliphatic imine (C=N–C) groups is 1. The number of hydrogen-bond donors (Lipinski definition) is 2. The molecule has 1 fully saturated rings. The van der Waals surface area contributed by atoms with Crippen LogP contribution >= 0.6 is 24.0 Å². The normalized spacial score (nSPS) is 17.7. The standard InChI is InChI=1S/C22H37N5O2.HI/c1-7-23-22(25-18-12-13-27(15-18)21(28)16(2)3)24-14-20(26(4)5)17-8-10-19(29-6)11-9-17;/h8-11,16,18,20H,7,12-15H2,1-6H3,(H2,23,24,25);1H. The summed E-state index contributed by atoms with van der Waals surface area (Å²) in [7, 11) is 5.81. The summed E-state index contributed by atoms with van der Waals surface area (Å²) in [5.74, 6) is 1.92. The number of rotatable bonds is 8. The van der Waals surface area contributed by atoms with Crippen LogP contribution in [0.5, 0.6) is 5.75 Å². The second-order valence-electron chi connectivity index (χ2n) is 8.04. The smallest absolute Gasteiger partial charge is 0.225 e. The van der Waals surface area contributed by atoms with Gasteiger partial charge in [-0.15, -0.1) is 24.0 Å².